The predicted molar refractivity (Wildman–Crippen MR) is 87.9 cm³/mol. The molecule has 0 aliphatic carbocycles. The molecular weight excluding hydrogens is 296 g/mol. The van der Waals surface area contributed by atoms with Gasteiger partial charge >= 0.3 is 12.1 Å². The van der Waals surface area contributed by atoms with Gasteiger partial charge in [0.2, 0.25) is 0 Å². The molecule has 1 aromatic carbocycles. The molecular formula is C17H22N2O4. The van der Waals surface area contributed by atoms with Gasteiger partial charge in [-0.25, -0.2) is 9.59 Å². The molecule has 1 aromatic heterocycles. The number of aromatic amines is 1. The number of ether oxygens (including phenoxy) is 1. The third-order valence-corrected chi connectivity index (χ3v) is 3.35. The summed E-state index contributed by atoms with van der Waals surface area (Å²) in [5, 5.41) is 12.7. The molecule has 0 atom stereocenters. The standard InChI is InChI=1S/C17H22N2O4/c1-10-14(15(20)21)12-9-11(5-6-13(12)19-10)7-8-18-16(22)23-17(2,3)4/h5-6,9,19H,7-8H2,1-4H3,(H,18,22)(H,20,21). The third-order valence-electron chi connectivity index (χ3n) is 3.35. The van der Waals surface area contributed by atoms with E-state index in [4.69, 9.17) is 4.74 Å². The smallest absolute Gasteiger partial charge is 0.407 e. The number of carboxylic acid groups (broad SMARTS) is 1. The number of alkyl carbamates (subject to hydrolysis) is 1. The van der Waals surface area contributed by atoms with Gasteiger partial charge in [0.1, 0.15) is 5.60 Å². The van der Waals surface area contributed by atoms with Crippen LogP contribution in [-0.4, -0.2) is 34.3 Å². The molecule has 6 heteroatoms. The van der Waals surface area contributed by atoms with Crippen LogP contribution in [0.25, 0.3) is 10.9 Å². The molecule has 124 valence electrons. The van der Waals surface area contributed by atoms with Crippen LogP contribution in [0.3, 0.4) is 0 Å². The largest absolute Gasteiger partial charge is 0.478 e. The monoisotopic (exact) mass is 318 g/mol. The maximum absolute atomic E-state index is 11.6. The Morgan fingerprint density at radius 1 is 1.30 bits per heavy atom. The molecule has 2 aromatic rings. The molecule has 0 aliphatic heterocycles. The molecule has 2 rings (SSSR count). The number of hydrogen-bond donors (Lipinski definition) is 3. The van der Waals surface area contributed by atoms with Crippen molar-refractivity contribution in [3.05, 3.63) is 35.0 Å². The zero-order valence-corrected chi connectivity index (χ0v) is 13.8. The van der Waals surface area contributed by atoms with Crippen molar-refractivity contribution in [1.82, 2.24) is 10.3 Å². The molecule has 0 saturated carbocycles. The first-order chi connectivity index (χ1) is 10.7. The van der Waals surface area contributed by atoms with E-state index in [1.165, 1.54) is 0 Å². The Labute approximate surface area is 134 Å². The van der Waals surface area contributed by atoms with Crippen molar-refractivity contribution in [2.45, 2.75) is 39.7 Å². The van der Waals surface area contributed by atoms with Gasteiger partial charge in [0.05, 0.1) is 5.56 Å². The van der Waals surface area contributed by atoms with Crippen LogP contribution in [0.1, 0.15) is 42.4 Å². The first-order valence-electron chi connectivity index (χ1n) is 7.49. The summed E-state index contributed by atoms with van der Waals surface area (Å²) in [4.78, 5) is 26.0. The summed E-state index contributed by atoms with van der Waals surface area (Å²) in [5.74, 6) is -0.947. The maximum Gasteiger partial charge on any atom is 0.407 e. The van der Waals surface area contributed by atoms with E-state index in [0.717, 1.165) is 11.1 Å². The molecule has 0 bridgehead atoms. The van der Waals surface area contributed by atoms with Crippen LogP contribution in [0, 0.1) is 6.92 Å². The van der Waals surface area contributed by atoms with Crippen molar-refractivity contribution in [3.63, 3.8) is 0 Å². The van der Waals surface area contributed by atoms with Crippen molar-refractivity contribution in [2.24, 2.45) is 0 Å². The summed E-state index contributed by atoms with van der Waals surface area (Å²) in [5.41, 5.74) is 2.15. The molecule has 3 N–H and O–H groups in total. The van der Waals surface area contributed by atoms with Crippen LogP contribution in [0.15, 0.2) is 18.2 Å². The lowest BCUT2D eigenvalue weighted by Crippen LogP contribution is -2.33. The number of rotatable bonds is 4. The molecule has 1 amide bonds. The lowest BCUT2D eigenvalue weighted by molar-refractivity contribution is 0.0528. The second-order valence-corrected chi connectivity index (χ2v) is 6.49. The summed E-state index contributed by atoms with van der Waals surface area (Å²) >= 11 is 0. The SMILES string of the molecule is Cc1[nH]c2ccc(CCNC(=O)OC(C)(C)C)cc2c1C(=O)O. The van der Waals surface area contributed by atoms with Crippen molar-refractivity contribution in [3.8, 4) is 0 Å². The molecule has 0 unspecified atom stereocenters. The Morgan fingerprint density at radius 3 is 2.61 bits per heavy atom. The average molecular weight is 318 g/mol. The number of aromatic nitrogens is 1. The number of fused-ring (bicyclic) bond motifs is 1. The Morgan fingerprint density at radius 2 is 2.00 bits per heavy atom. The summed E-state index contributed by atoms with van der Waals surface area (Å²) in [6.45, 7) is 7.59. The van der Waals surface area contributed by atoms with Crippen molar-refractivity contribution >= 4 is 23.0 Å². The number of carboxylic acids is 1. The minimum Gasteiger partial charge on any atom is -0.478 e. The topological polar surface area (TPSA) is 91.4 Å². The molecule has 6 nitrogen and oxygen atoms in total. The highest BCUT2D eigenvalue weighted by atomic mass is 16.6. The summed E-state index contributed by atoms with van der Waals surface area (Å²) in [6.07, 6.45) is 0.139. The van der Waals surface area contributed by atoms with Gasteiger partial charge in [0, 0.05) is 23.1 Å². The van der Waals surface area contributed by atoms with Gasteiger partial charge < -0.3 is 20.1 Å². The molecule has 0 radical (unpaired) electrons. The highest BCUT2D eigenvalue weighted by Crippen LogP contribution is 2.23. The number of hydrogen-bond acceptors (Lipinski definition) is 3. The molecule has 1 heterocycles. The number of carbonyl (C=O) groups excluding carboxylic acids is 1. The zero-order valence-electron chi connectivity index (χ0n) is 13.8. The Balaban J connectivity index is 2.05. The lowest BCUT2D eigenvalue weighted by Gasteiger charge is -2.19. The van der Waals surface area contributed by atoms with Crippen molar-refractivity contribution in [1.29, 1.82) is 0 Å². The maximum atomic E-state index is 11.6. The van der Waals surface area contributed by atoms with Crippen LogP contribution in [0.2, 0.25) is 0 Å². The molecule has 0 spiro atoms. The van der Waals surface area contributed by atoms with Gasteiger partial charge in [0.25, 0.3) is 0 Å². The van der Waals surface area contributed by atoms with Crippen molar-refractivity contribution in [2.75, 3.05) is 6.54 Å². The van der Waals surface area contributed by atoms with E-state index in [9.17, 15) is 14.7 Å². The number of carbonyl (C=O) groups is 2. The second-order valence-electron chi connectivity index (χ2n) is 6.49. The highest BCUT2D eigenvalue weighted by Gasteiger charge is 2.16. The predicted octanol–water partition coefficient (Wildman–Crippen LogP) is 3.24. The summed E-state index contributed by atoms with van der Waals surface area (Å²) in [7, 11) is 0. The van der Waals surface area contributed by atoms with E-state index >= 15 is 0 Å². The van der Waals surface area contributed by atoms with E-state index in [2.05, 4.69) is 10.3 Å². The van der Waals surface area contributed by atoms with E-state index in [-0.39, 0.29) is 0 Å². The normalized spacial score (nSPS) is 11.5. The van der Waals surface area contributed by atoms with Gasteiger partial charge in [-0.2, -0.15) is 0 Å². The zero-order chi connectivity index (χ0) is 17.2. The number of aryl methyl sites for hydroxylation is 1. The fourth-order valence-electron chi connectivity index (χ4n) is 2.43. The Kier molecular flexibility index (Phi) is 4.63. The van der Waals surface area contributed by atoms with Gasteiger partial charge in [0.15, 0.2) is 0 Å². The first-order valence-corrected chi connectivity index (χ1v) is 7.49. The minimum absolute atomic E-state index is 0.293. The van der Waals surface area contributed by atoms with E-state index in [1.54, 1.807) is 6.92 Å². The van der Waals surface area contributed by atoms with Gasteiger partial charge in [-0.1, -0.05) is 6.07 Å². The number of H-pyrrole nitrogens is 1. The third kappa shape index (κ3) is 4.25. The van der Waals surface area contributed by atoms with Crippen LogP contribution in [-0.2, 0) is 11.2 Å². The average Bonchev–Trinajstić information content (AvgIpc) is 2.71. The number of benzene rings is 1. The lowest BCUT2D eigenvalue weighted by atomic mass is 10.1. The fourth-order valence-corrected chi connectivity index (χ4v) is 2.43. The molecule has 0 aliphatic rings. The van der Waals surface area contributed by atoms with Crippen LogP contribution < -0.4 is 5.32 Å². The minimum atomic E-state index is -0.947. The van der Waals surface area contributed by atoms with E-state index < -0.39 is 17.7 Å². The Bertz CT molecular complexity index is 741. The fraction of sp³-hybridized carbons (Fsp3) is 0.412. The quantitative estimate of drug-likeness (QED) is 0.807. The van der Waals surface area contributed by atoms with E-state index in [0.29, 0.717) is 29.6 Å². The van der Waals surface area contributed by atoms with Gasteiger partial charge in [-0.05, 0) is 51.8 Å². The second kappa shape index (κ2) is 6.32. The number of nitrogens with one attached hydrogen (secondary N) is 2. The first kappa shape index (κ1) is 16.9. The highest BCUT2D eigenvalue weighted by molar-refractivity contribution is 6.04. The molecule has 0 fully saturated rings. The summed E-state index contributed by atoms with van der Waals surface area (Å²) in [6, 6.07) is 5.62. The van der Waals surface area contributed by atoms with Crippen molar-refractivity contribution < 1.29 is 19.4 Å². The molecule has 23 heavy (non-hydrogen) atoms. The van der Waals surface area contributed by atoms with Gasteiger partial charge in [-0.15, -0.1) is 0 Å². The van der Waals surface area contributed by atoms with Crippen LogP contribution in [0.5, 0.6) is 0 Å². The van der Waals surface area contributed by atoms with Gasteiger partial charge in [-0.3, -0.25) is 0 Å². The number of amides is 1. The Hall–Kier alpha value is -2.50. The molecule has 0 saturated heterocycles. The van der Waals surface area contributed by atoms with Crippen LogP contribution in [0.4, 0.5) is 4.79 Å². The summed E-state index contributed by atoms with van der Waals surface area (Å²) < 4.78 is 5.17. The van der Waals surface area contributed by atoms with E-state index in [1.807, 2.05) is 39.0 Å². The van der Waals surface area contributed by atoms with Crippen LogP contribution >= 0.6 is 0 Å². The number of aromatic carboxylic acids is 1.